The van der Waals surface area contributed by atoms with E-state index in [0.717, 1.165) is 5.82 Å². The molecule has 0 atom stereocenters. The van der Waals surface area contributed by atoms with Crippen molar-refractivity contribution in [2.45, 2.75) is 5.09 Å². The van der Waals surface area contributed by atoms with Crippen molar-refractivity contribution in [1.82, 2.24) is 14.2 Å². The summed E-state index contributed by atoms with van der Waals surface area (Å²) in [5, 5.41) is -0.204. The van der Waals surface area contributed by atoms with Gasteiger partial charge in [0.15, 0.2) is 5.76 Å². The van der Waals surface area contributed by atoms with E-state index in [0.29, 0.717) is 39.4 Å². The van der Waals surface area contributed by atoms with E-state index < -0.39 is 10.0 Å². The molecule has 0 bridgehead atoms. The Morgan fingerprint density at radius 1 is 0.964 bits per heavy atom. The zero-order valence-electron chi connectivity index (χ0n) is 15.4. The van der Waals surface area contributed by atoms with Crippen LogP contribution < -0.4 is 4.90 Å². The maximum atomic E-state index is 12.7. The minimum absolute atomic E-state index is 0.0399. The number of hydrogen-bond donors (Lipinski definition) is 0. The number of nitrogens with zero attached hydrogens (tertiary/aromatic N) is 4. The molecular formula is C18H22N4O5S. The van der Waals surface area contributed by atoms with Crippen LogP contribution in [-0.4, -0.2) is 81.0 Å². The molecule has 2 aromatic rings. The number of furan rings is 1. The van der Waals surface area contributed by atoms with E-state index in [1.165, 1.54) is 16.4 Å². The van der Waals surface area contributed by atoms with Crippen LogP contribution in [-0.2, 0) is 14.8 Å². The van der Waals surface area contributed by atoms with Crippen LogP contribution in [0, 0.1) is 0 Å². The fraction of sp³-hybridized carbons (Fsp3) is 0.444. The quantitative estimate of drug-likeness (QED) is 0.736. The number of carbonyl (C=O) groups excluding carboxylic acids is 1. The Bertz CT molecular complexity index is 916. The van der Waals surface area contributed by atoms with Gasteiger partial charge in [-0.25, -0.2) is 13.4 Å². The van der Waals surface area contributed by atoms with Gasteiger partial charge in [0.2, 0.25) is 5.09 Å². The lowest BCUT2D eigenvalue weighted by molar-refractivity contribution is 0.0696. The number of piperazine rings is 1. The molecule has 0 saturated carbocycles. The van der Waals surface area contributed by atoms with E-state index in [4.69, 9.17) is 9.15 Å². The summed E-state index contributed by atoms with van der Waals surface area (Å²) in [5.74, 6) is 0.619. The van der Waals surface area contributed by atoms with Crippen molar-refractivity contribution >= 4 is 21.7 Å². The number of anilines is 1. The molecule has 0 aromatic carbocycles. The number of rotatable bonds is 4. The normalized spacial score (nSPS) is 19.0. The maximum absolute atomic E-state index is 12.7. The summed E-state index contributed by atoms with van der Waals surface area (Å²) < 4.78 is 37.2. The number of morpholine rings is 1. The summed E-state index contributed by atoms with van der Waals surface area (Å²) in [6.07, 6.45) is 1.74. The molecule has 0 radical (unpaired) electrons. The van der Waals surface area contributed by atoms with Gasteiger partial charge in [-0.2, -0.15) is 4.31 Å². The number of sulfonamides is 1. The van der Waals surface area contributed by atoms with E-state index in [9.17, 15) is 13.2 Å². The van der Waals surface area contributed by atoms with Gasteiger partial charge in [-0.3, -0.25) is 4.79 Å². The van der Waals surface area contributed by atoms with Gasteiger partial charge in [0.1, 0.15) is 5.82 Å². The number of aromatic nitrogens is 1. The highest BCUT2D eigenvalue weighted by Crippen LogP contribution is 2.21. The highest BCUT2D eigenvalue weighted by Gasteiger charge is 2.31. The molecule has 2 saturated heterocycles. The van der Waals surface area contributed by atoms with E-state index in [2.05, 4.69) is 9.88 Å². The largest absolute Gasteiger partial charge is 0.438 e. The van der Waals surface area contributed by atoms with Gasteiger partial charge in [0.25, 0.3) is 15.9 Å². The summed E-state index contributed by atoms with van der Waals surface area (Å²) in [6, 6.07) is 8.51. The topological polar surface area (TPSA) is 96.2 Å². The average molecular weight is 406 g/mol. The van der Waals surface area contributed by atoms with Gasteiger partial charge >= 0.3 is 0 Å². The molecule has 10 heteroatoms. The van der Waals surface area contributed by atoms with Crippen LogP contribution in [0.2, 0.25) is 0 Å². The predicted octanol–water partition coefficient (Wildman–Crippen LogP) is 0.658. The second-order valence-corrected chi connectivity index (χ2v) is 8.47. The zero-order valence-corrected chi connectivity index (χ0v) is 16.2. The first kappa shape index (κ1) is 18.9. The Hall–Kier alpha value is -2.43. The minimum atomic E-state index is -3.75. The molecule has 4 rings (SSSR count). The molecule has 150 valence electrons. The monoisotopic (exact) mass is 406 g/mol. The zero-order chi connectivity index (χ0) is 19.6. The molecule has 4 heterocycles. The van der Waals surface area contributed by atoms with Crippen molar-refractivity contribution in [3.05, 3.63) is 42.3 Å². The third-order valence-corrected chi connectivity index (χ3v) is 6.67. The Balaban J connectivity index is 1.41. The summed E-state index contributed by atoms with van der Waals surface area (Å²) in [6.45, 7) is 3.61. The van der Waals surface area contributed by atoms with E-state index in [1.807, 2.05) is 18.2 Å². The van der Waals surface area contributed by atoms with Crippen LogP contribution in [0.1, 0.15) is 10.6 Å². The van der Waals surface area contributed by atoms with Crippen LogP contribution in [0.3, 0.4) is 0 Å². The Labute approximate surface area is 163 Å². The summed E-state index contributed by atoms with van der Waals surface area (Å²) in [4.78, 5) is 20.8. The number of ether oxygens (including phenoxy) is 1. The third-order valence-electron chi connectivity index (χ3n) is 4.90. The molecule has 0 aliphatic carbocycles. The minimum Gasteiger partial charge on any atom is -0.438 e. The smallest absolute Gasteiger partial charge is 0.289 e. The van der Waals surface area contributed by atoms with E-state index in [-0.39, 0.29) is 29.8 Å². The van der Waals surface area contributed by atoms with Gasteiger partial charge in [-0.05, 0) is 24.3 Å². The average Bonchev–Trinajstić information content (AvgIpc) is 3.26. The molecule has 0 N–H and O–H groups in total. The second kappa shape index (κ2) is 7.90. The van der Waals surface area contributed by atoms with Crippen LogP contribution >= 0.6 is 0 Å². The molecule has 28 heavy (non-hydrogen) atoms. The van der Waals surface area contributed by atoms with Crippen LogP contribution in [0.4, 0.5) is 5.82 Å². The van der Waals surface area contributed by atoms with Gasteiger partial charge in [0, 0.05) is 45.5 Å². The van der Waals surface area contributed by atoms with E-state index >= 15 is 0 Å². The molecule has 2 aliphatic heterocycles. The first-order chi connectivity index (χ1) is 13.6. The summed E-state index contributed by atoms with van der Waals surface area (Å²) >= 11 is 0. The molecule has 2 aliphatic rings. The van der Waals surface area contributed by atoms with Crippen LogP contribution in [0.25, 0.3) is 0 Å². The van der Waals surface area contributed by atoms with Gasteiger partial charge in [0.05, 0.1) is 13.2 Å². The molecule has 0 unspecified atom stereocenters. The molecule has 2 aromatic heterocycles. The van der Waals surface area contributed by atoms with Crippen molar-refractivity contribution in [1.29, 1.82) is 0 Å². The van der Waals surface area contributed by atoms with Crippen molar-refractivity contribution in [2.24, 2.45) is 0 Å². The number of hydrogen-bond acceptors (Lipinski definition) is 7. The standard InChI is InChI=1S/C18H22N4O5S/c23-18(21-9-7-20(8-10-21)16-3-1-2-6-19-16)15-4-5-17(27-15)28(24,25)22-11-13-26-14-12-22/h1-6H,7-14H2. The number of amides is 1. The Morgan fingerprint density at radius 3 is 2.39 bits per heavy atom. The fourth-order valence-electron chi connectivity index (χ4n) is 3.32. The van der Waals surface area contributed by atoms with Crippen LogP contribution in [0.5, 0.6) is 0 Å². The van der Waals surface area contributed by atoms with Gasteiger partial charge < -0.3 is 19.0 Å². The maximum Gasteiger partial charge on any atom is 0.289 e. The predicted molar refractivity (Wildman–Crippen MR) is 101 cm³/mol. The number of carbonyl (C=O) groups is 1. The first-order valence-electron chi connectivity index (χ1n) is 9.19. The lowest BCUT2D eigenvalue weighted by Crippen LogP contribution is -2.49. The lowest BCUT2D eigenvalue weighted by Gasteiger charge is -2.34. The molecule has 9 nitrogen and oxygen atoms in total. The lowest BCUT2D eigenvalue weighted by atomic mass is 10.2. The highest BCUT2D eigenvalue weighted by atomic mass is 32.2. The highest BCUT2D eigenvalue weighted by molar-refractivity contribution is 7.89. The van der Waals surface area contributed by atoms with Crippen molar-refractivity contribution in [3.63, 3.8) is 0 Å². The van der Waals surface area contributed by atoms with E-state index in [1.54, 1.807) is 11.1 Å². The first-order valence-corrected chi connectivity index (χ1v) is 10.6. The van der Waals surface area contributed by atoms with Gasteiger partial charge in [-0.1, -0.05) is 6.07 Å². The molecule has 0 spiro atoms. The van der Waals surface area contributed by atoms with Gasteiger partial charge in [-0.15, -0.1) is 0 Å². The second-order valence-electron chi connectivity index (χ2n) is 6.60. The Kier molecular flexibility index (Phi) is 5.33. The molecule has 1 amide bonds. The van der Waals surface area contributed by atoms with Crippen LogP contribution in [0.15, 0.2) is 46.0 Å². The summed E-state index contributed by atoms with van der Waals surface area (Å²) in [5.41, 5.74) is 0. The Morgan fingerprint density at radius 2 is 1.71 bits per heavy atom. The summed E-state index contributed by atoms with van der Waals surface area (Å²) in [7, 11) is -3.75. The van der Waals surface area contributed by atoms with Crippen molar-refractivity contribution in [2.75, 3.05) is 57.4 Å². The van der Waals surface area contributed by atoms with Crippen molar-refractivity contribution in [3.8, 4) is 0 Å². The third kappa shape index (κ3) is 3.75. The SMILES string of the molecule is O=C(c1ccc(S(=O)(=O)N2CCOCC2)o1)N1CCN(c2ccccn2)CC1. The molecule has 2 fully saturated rings. The van der Waals surface area contributed by atoms with Crippen molar-refractivity contribution < 1.29 is 22.4 Å². The fourth-order valence-corrected chi connectivity index (χ4v) is 4.64. The number of pyridine rings is 1. The molecular weight excluding hydrogens is 384 g/mol.